The number of rotatable bonds is 6. The molecule has 0 radical (unpaired) electrons. The van der Waals surface area contributed by atoms with Crippen LogP contribution in [0.4, 0.5) is 17.6 Å². The fourth-order valence-corrected chi connectivity index (χ4v) is 2.00. The van der Waals surface area contributed by atoms with Crippen LogP contribution in [-0.4, -0.2) is 6.54 Å². The quantitative estimate of drug-likeness (QED) is 0.621. The molecule has 0 aliphatic carbocycles. The Morgan fingerprint density at radius 1 is 0.857 bits per heavy atom. The summed E-state index contributed by atoms with van der Waals surface area (Å²) in [6, 6.07) is 9.48. The van der Waals surface area contributed by atoms with E-state index in [-0.39, 0.29) is 5.56 Å². The Bertz CT molecular complexity index is 561. The SMILES string of the molecule is Fc1cc(F)cc(CCNCc2ccc(C(F)F)cc2)c1. The number of hydrogen-bond acceptors (Lipinski definition) is 1. The number of benzene rings is 2. The molecule has 2 aromatic rings. The van der Waals surface area contributed by atoms with Crippen LogP contribution in [-0.2, 0) is 13.0 Å². The number of hydrogen-bond donors (Lipinski definition) is 1. The van der Waals surface area contributed by atoms with Gasteiger partial charge < -0.3 is 5.32 Å². The lowest BCUT2D eigenvalue weighted by Gasteiger charge is -2.07. The Balaban J connectivity index is 1.79. The average molecular weight is 297 g/mol. The normalized spacial score (nSPS) is 11.1. The zero-order valence-electron chi connectivity index (χ0n) is 11.3. The molecule has 0 saturated carbocycles. The minimum Gasteiger partial charge on any atom is -0.312 e. The Morgan fingerprint density at radius 3 is 2.05 bits per heavy atom. The monoisotopic (exact) mass is 297 g/mol. The van der Waals surface area contributed by atoms with Crippen molar-refractivity contribution in [2.24, 2.45) is 0 Å². The molecule has 5 heteroatoms. The first-order valence-corrected chi connectivity index (χ1v) is 6.57. The van der Waals surface area contributed by atoms with Gasteiger partial charge in [-0.3, -0.25) is 0 Å². The van der Waals surface area contributed by atoms with Gasteiger partial charge in [0.15, 0.2) is 0 Å². The summed E-state index contributed by atoms with van der Waals surface area (Å²) in [5.74, 6) is -1.18. The molecule has 0 fully saturated rings. The summed E-state index contributed by atoms with van der Waals surface area (Å²) in [5, 5.41) is 3.11. The van der Waals surface area contributed by atoms with Crippen molar-refractivity contribution >= 4 is 0 Å². The largest absolute Gasteiger partial charge is 0.312 e. The van der Waals surface area contributed by atoms with Crippen molar-refractivity contribution in [2.75, 3.05) is 6.54 Å². The predicted octanol–water partition coefficient (Wildman–Crippen LogP) is 4.23. The molecule has 0 bridgehead atoms. The fourth-order valence-electron chi connectivity index (χ4n) is 2.00. The molecular formula is C16H15F4N. The highest BCUT2D eigenvalue weighted by Crippen LogP contribution is 2.18. The van der Waals surface area contributed by atoms with Gasteiger partial charge >= 0.3 is 0 Å². The highest BCUT2D eigenvalue weighted by molar-refractivity contribution is 5.23. The summed E-state index contributed by atoms with van der Waals surface area (Å²) in [6.45, 7) is 1.06. The maximum Gasteiger partial charge on any atom is 0.263 e. The van der Waals surface area contributed by atoms with Gasteiger partial charge in [0, 0.05) is 18.2 Å². The van der Waals surface area contributed by atoms with Crippen LogP contribution >= 0.6 is 0 Å². The summed E-state index contributed by atoms with van der Waals surface area (Å²) >= 11 is 0. The van der Waals surface area contributed by atoms with E-state index < -0.39 is 18.1 Å². The molecule has 0 aliphatic rings. The van der Waals surface area contributed by atoms with E-state index in [1.54, 1.807) is 12.1 Å². The first-order chi connectivity index (χ1) is 10.0. The molecule has 0 amide bonds. The van der Waals surface area contributed by atoms with E-state index in [9.17, 15) is 17.6 Å². The molecule has 112 valence electrons. The molecule has 21 heavy (non-hydrogen) atoms. The van der Waals surface area contributed by atoms with E-state index >= 15 is 0 Å². The summed E-state index contributed by atoms with van der Waals surface area (Å²) in [6.07, 6.45) is -1.97. The molecule has 0 atom stereocenters. The molecular weight excluding hydrogens is 282 g/mol. The molecule has 0 aromatic heterocycles. The van der Waals surface area contributed by atoms with E-state index in [1.807, 2.05) is 0 Å². The van der Waals surface area contributed by atoms with Gasteiger partial charge in [0.25, 0.3) is 6.43 Å². The zero-order chi connectivity index (χ0) is 15.2. The van der Waals surface area contributed by atoms with Crippen molar-refractivity contribution < 1.29 is 17.6 Å². The van der Waals surface area contributed by atoms with Crippen LogP contribution in [0.25, 0.3) is 0 Å². The lowest BCUT2D eigenvalue weighted by molar-refractivity contribution is 0.151. The van der Waals surface area contributed by atoms with Gasteiger partial charge in [0.2, 0.25) is 0 Å². The first-order valence-electron chi connectivity index (χ1n) is 6.57. The van der Waals surface area contributed by atoms with Crippen LogP contribution in [0.2, 0.25) is 0 Å². The van der Waals surface area contributed by atoms with Crippen LogP contribution in [0.3, 0.4) is 0 Å². The average Bonchev–Trinajstić information content (AvgIpc) is 2.43. The molecule has 0 heterocycles. The van der Waals surface area contributed by atoms with Gasteiger partial charge in [-0.2, -0.15) is 0 Å². The van der Waals surface area contributed by atoms with Gasteiger partial charge in [0.05, 0.1) is 0 Å². The van der Waals surface area contributed by atoms with E-state index in [4.69, 9.17) is 0 Å². The molecule has 0 aliphatic heterocycles. The van der Waals surface area contributed by atoms with Gasteiger partial charge in [-0.15, -0.1) is 0 Å². The molecule has 1 N–H and O–H groups in total. The summed E-state index contributed by atoms with van der Waals surface area (Å²) in [4.78, 5) is 0. The minimum atomic E-state index is -2.46. The second-order valence-electron chi connectivity index (χ2n) is 4.75. The zero-order valence-corrected chi connectivity index (χ0v) is 11.3. The molecule has 2 aromatic carbocycles. The van der Waals surface area contributed by atoms with Crippen LogP contribution in [0, 0.1) is 11.6 Å². The minimum absolute atomic E-state index is 0.00557. The van der Waals surface area contributed by atoms with Crippen molar-refractivity contribution in [3.8, 4) is 0 Å². The van der Waals surface area contributed by atoms with Crippen molar-refractivity contribution in [3.63, 3.8) is 0 Å². The summed E-state index contributed by atoms with van der Waals surface area (Å²) in [5.41, 5.74) is 1.45. The Hall–Kier alpha value is -1.88. The lowest BCUT2D eigenvalue weighted by Crippen LogP contribution is -2.16. The number of alkyl halides is 2. The molecule has 0 saturated heterocycles. The topological polar surface area (TPSA) is 12.0 Å². The smallest absolute Gasteiger partial charge is 0.263 e. The Kier molecular flexibility index (Phi) is 5.33. The standard InChI is InChI=1S/C16H15F4N/c17-14-7-12(8-15(18)9-14)5-6-21-10-11-1-3-13(4-2-11)16(19)20/h1-4,7-9,16,21H,5-6,10H2. The van der Waals surface area contributed by atoms with Crippen LogP contribution < -0.4 is 5.32 Å². The molecule has 0 spiro atoms. The predicted molar refractivity (Wildman–Crippen MR) is 73.2 cm³/mol. The molecule has 2 rings (SSSR count). The van der Waals surface area contributed by atoms with Crippen molar-refractivity contribution in [2.45, 2.75) is 19.4 Å². The van der Waals surface area contributed by atoms with Crippen LogP contribution in [0.15, 0.2) is 42.5 Å². The van der Waals surface area contributed by atoms with Gasteiger partial charge in [-0.25, -0.2) is 17.6 Å². The van der Waals surface area contributed by atoms with Crippen molar-refractivity contribution in [1.82, 2.24) is 5.32 Å². The highest BCUT2D eigenvalue weighted by atomic mass is 19.3. The fraction of sp³-hybridized carbons (Fsp3) is 0.250. The van der Waals surface area contributed by atoms with Crippen molar-refractivity contribution in [1.29, 1.82) is 0 Å². The third kappa shape index (κ3) is 4.86. The van der Waals surface area contributed by atoms with Gasteiger partial charge in [-0.1, -0.05) is 24.3 Å². The third-order valence-electron chi connectivity index (χ3n) is 3.07. The van der Waals surface area contributed by atoms with Gasteiger partial charge in [0.1, 0.15) is 11.6 Å². The maximum absolute atomic E-state index is 13.0. The van der Waals surface area contributed by atoms with E-state index in [0.29, 0.717) is 25.1 Å². The van der Waals surface area contributed by atoms with Crippen molar-refractivity contribution in [3.05, 3.63) is 70.8 Å². The highest BCUT2D eigenvalue weighted by Gasteiger charge is 2.05. The second-order valence-corrected chi connectivity index (χ2v) is 4.75. The van der Waals surface area contributed by atoms with Crippen LogP contribution in [0.5, 0.6) is 0 Å². The number of halogens is 4. The second kappa shape index (κ2) is 7.22. The van der Waals surface area contributed by atoms with E-state index in [0.717, 1.165) is 11.6 Å². The van der Waals surface area contributed by atoms with E-state index in [1.165, 1.54) is 24.3 Å². The number of nitrogens with one attached hydrogen (secondary N) is 1. The maximum atomic E-state index is 13.0. The third-order valence-corrected chi connectivity index (χ3v) is 3.07. The Morgan fingerprint density at radius 2 is 1.48 bits per heavy atom. The van der Waals surface area contributed by atoms with E-state index in [2.05, 4.69) is 5.32 Å². The van der Waals surface area contributed by atoms with Crippen LogP contribution in [0.1, 0.15) is 23.1 Å². The van der Waals surface area contributed by atoms with Gasteiger partial charge in [-0.05, 0) is 36.2 Å². The lowest BCUT2D eigenvalue weighted by atomic mass is 10.1. The summed E-state index contributed by atoms with van der Waals surface area (Å²) in [7, 11) is 0. The molecule has 1 nitrogen and oxygen atoms in total. The Labute approximate surface area is 120 Å². The first kappa shape index (κ1) is 15.5. The summed E-state index contributed by atoms with van der Waals surface area (Å²) < 4.78 is 50.7. The molecule has 0 unspecified atom stereocenters.